The molecule has 130 valence electrons. The van der Waals surface area contributed by atoms with Gasteiger partial charge in [-0.2, -0.15) is 0 Å². The molecule has 0 aromatic heterocycles. The zero-order chi connectivity index (χ0) is 16.5. The fourth-order valence-corrected chi connectivity index (χ4v) is 2.40. The first kappa shape index (κ1) is 20.6. The molecular formula is C18H23ClIN3O. The van der Waals surface area contributed by atoms with Crippen molar-refractivity contribution in [2.75, 3.05) is 20.7 Å². The third-order valence-electron chi connectivity index (χ3n) is 3.49. The Hall–Kier alpha value is -1.47. The summed E-state index contributed by atoms with van der Waals surface area (Å²) in [4.78, 5) is 4.23. The average molecular weight is 460 g/mol. The molecule has 0 bridgehead atoms. The van der Waals surface area contributed by atoms with E-state index in [0.29, 0.717) is 6.54 Å². The van der Waals surface area contributed by atoms with E-state index in [2.05, 4.69) is 15.6 Å². The number of benzene rings is 2. The number of ether oxygens (including phenoxy) is 1. The molecule has 6 heteroatoms. The number of aliphatic imine (C=N–C) groups is 1. The lowest BCUT2D eigenvalue weighted by Gasteiger charge is -2.12. The predicted octanol–water partition coefficient (Wildman–Crippen LogP) is 3.87. The minimum absolute atomic E-state index is 0. The number of guanidine groups is 1. The maximum absolute atomic E-state index is 6.16. The maximum Gasteiger partial charge on any atom is 0.191 e. The zero-order valence-electron chi connectivity index (χ0n) is 13.9. The third-order valence-corrected chi connectivity index (χ3v) is 3.86. The molecular weight excluding hydrogens is 437 g/mol. The van der Waals surface area contributed by atoms with Crippen molar-refractivity contribution in [3.05, 3.63) is 64.7 Å². The highest BCUT2D eigenvalue weighted by Crippen LogP contribution is 2.14. The summed E-state index contributed by atoms with van der Waals surface area (Å²) in [7, 11) is 3.43. The highest BCUT2D eigenvalue weighted by atomic mass is 127. The van der Waals surface area contributed by atoms with Crippen molar-refractivity contribution >= 4 is 41.5 Å². The van der Waals surface area contributed by atoms with Gasteiger partial charge in [0.1, 0.15) is 5.75 Å². The van der Waals surface area contributed by atoms with E-state index in [1.807, 2.05) is 48.5 Å². The number of hydrogen-bond donors (Lipinski definition) is 2. The quantitative estimate of drug-likeness (QED) is 0.392. The van der Waals surface area contributed by atoms with Gasteiger partial charge >= 0.3 is 0 Å². The normalized spacial score (nSPS) is 10.7. The molecule has 0 aliphatic heterocycles. The van der Waals surface area contributed by atoms with Gasteiger partial charge in [-0.1, -0.05) is 41.9 Å². The molecule has 4 nitrogen and oxygen atoms in total. The third kappa shape index (κ3) is 6.57. The molecule has 0 spiro atoms. The van der Waals surface area contributed by atoms with Crippen molar-refractivity contribution in [2.24, 2.45) is 4.99 Å². The van der Waals surface area contributed by atoms with Crippen LogP contribution < -0.4 is 15.4 Å². The number of nitrogens with one attached hydrogen (secondary N) is 2. The standard InChI is InChI=1S/C18H22ClN3O.HI/c1-20-18(21-12-11-15-5-3-4-6-17(15)19)22-13-14-7-9-16(23-2)10-8-14;/h3-10H,11-13H2,1-2H3,(H2,20,21,22);1H. The van der Waals surface area contributed by atoms with Gasteiger partial charge in [-0.3, -0.25) is 4.99 Å². The van der Waals surface area contributed by atoms with Crippen LogP contribution in [0.5, 0.6) is 5.75 Å². The average Bonchev–Trinajstić information content (AvgIpc) is 2.60. The van der Waals surface area contributed by atoms with Gasteiger partial charge in [0.05, 0.1) is 7.11 Å². The first-order chi connectivity index (χ1) is 11.2. The van der Waals surface area contributed by atoms with Gasteiger partial charge in [0.25, 0.3) is 0 Å². The Morgan fingerprint density at radius 2 is 1.79 bits per heavy atom. The van der Waals surface area contributed by atoms with Crippen molar-refractivity contribution in [3.63, 3.8) is 0 Å². The fourth-order valence-electron chi connectivity index (χ4n) is 2.17. The van der Waals surface area contributed by atoms with Gasteiger partial charge in [-0.05, 0) is 35.7 Å². The number of methoxy groups -OCH3 is 1. The number of nitrogens with zero attached hydrogens (tertiary/aromatic N) is 1. The van der Waals surface area contributed by atoms with Crippen LogP contribution in [0.25, 0.3) is 0 Å². The first-order valence-electron chi connectivity index (χ1n) is 7.54. The van der Waals surface area contributed by atoms with E-state index in [1.165, 1.54) is 5.56 Å². The molecule has 0 radical (unpaired) electrons. The summed E-state index contributed by atoms with van der Waals surface area (Å²) in [6.45, 7) is 1.47. The lowest BCUT2D eigenvalue weighted by Crippen LogP contribution is -2.37. The smallest absolute Gasteiger partial charge is 0.191 e. The van der Waals surface area contributed by atoms with Gasteiger partial charge in [0.15, 0.2) is 5.96 Å². The highest BCUT2D eigenvalue weighted by molar-refractivity contribution is 14.0. The van der Waals surface area contributed by atoms with Crippen LogP contribution in [0.1, 0.15) is 11.1 Å². The van der Waals surface area contributed by atoms with Crippen LogP contribution in [0.3, 0.4) is 0 Å². The van der Waals surface area contributed by atoms with Crippen molar-refractivity contribution in [2.45, 2.75) is 13.0 Å². The molecule has 0 atom stereocenters. The number of rotatable bonds is 6. The van der Waals surface area contributed by atoms with Crippen molar-refractivity contribution in [3.8, 4) is 5.75 Å². The van der Waals surface area contributed by atoms with Crippen LogP contribution in [0.2, 0.25) is 5.02 Å². The van der Waals surface area contributed by atoms with E-state index < -0.39 is 0 Å². The SMILES string of the molecule is CN=C(NCCc1ccccc1Cl)NCc1ccc(OC)cc1.I. The van der Waals surface area contributed by atoms with Crippen LogP contribution in [-0.2, 0) is 13.0 Å². The molecule has 0 aliphatic carbocycles. The van der Waals surface area contributed by atoms with E-state index in [4.69, 9.17) is 16.3 Å². The Labute approximate surface area is 165 Å². The molecule has 0 saturated carbocycles. The van der Waals surface area contributed by atoms with E-state index in [0.717, 1.165) is 35.3 Å². The van der Waals surface area contributed by atoms with Crippen LogP contribution >= 0.6 is 35.6 Å². The van der Waals surface area contributed by atoms with Gasteiger partial charge in [0, 0.05) is 25.2 Å². The number of hydrogen-bond acceptors (Lipinski definition) is 2. The van der Waals surface area contributed by atoms with Crippen LogP contribution in [0, 0.1) is 0 Å². The topological polar surface area (TPSA) is 45.7 Å². The van der Waals surface area contributed by atoms with Crippen molar-refractivity contribution in [1.29, 1.82) is 0 Å². The Morgan fingerprint density at radius 3 is 2.42 bits per heavy atom. The van der Waals surface area contributed by atoms with E-state index in [9.17, 15) is 0 Å². The minimum Gasteiger partial charge on any atom is -0.497 e. The van der Waals surface area contributed by atoms with Crippen LogP contribution in [0.15, 0.2) is 53.5 Å². The second-order valence-electron chi connectivity index (χ2n) is 5.04. The van der Waals surface area contributed by atoms with E-state index in [1.54, 1.807) is 14.2 Å². The molecule has 2 aromatic rings. The van der Waals surface area contributed by atoms with Crippen molar-refractivity contribution in [1.82, 2.24) is 10.6 Å². The Bertz CT molecular complexity index is 647. The molecule has 2 N–H and O–H groups in total. The Morgan fingerprint density at radius 1 is 1.08 bits per heavy atom. The van der Waals surface area contributed by atoms with Crippen molar-refractivity contribution < 1.29 is 4.74 Å². The summed E-state index contributed by atoms with van der Waals surface area (Å²) in [5.41, 5.74) is 2.30. The minimum atomic E-state index is 0. The highest BCUT2D eigenvalue weighted by Gasteiger charge is 2.01. The summed E-state index contributed by atoms with van der Waals surface area (Å²) in [5.74, 6) is 1.63. The molecule has 24 heavy (non-hydrogen) atoms. The lowest BCUT2D eigenvalue weighted by atomic mass is 10.1. The molecule has 0 heterocycles. The van der Waals surface area contributed by atoms with E-state index in [-0.39, 0.29) is 24.0 Å². The molecule has 0 aliphatic rings. The summed E-state index contributed by atoms with van der Waals surface area (Å²) in [5, 5.41) is 7.38. The van der Waals surface area contributed by atoms with Gasteiger partial charge < -0.3 is 15.4 Å². The summed E-state index contributed by atoms with van der Waals surface area (Å²) >= 11 is 6.16. The van der Waals surface area contributed by atoms with Crippen LogP contribution in [0.4, 0.5) is 0 Å². The maximum atomic E-state index is 6.16. The molecule has 0 fully saturated rings. The molecule has 0 amide bonds. The molecule has 0 unspecified atom stereocenters. The molecule has 0 saturated heterocycles. The Balaban J connectivity index is 0.00000288. The van der Waals surface area contributed by atoms with Crippen LogP contribution in [-0.4, -0.2) is 26.7 Å². The second kappa shape index (κ2) is 11.1. The van der Waals surface area contributed by atoms with E-state index >= 15 is 0 Å². The Kier molecular flexibility index (Phi) is 9.56. The molecule has 2 aromatic carbocycles. The monoisotopic (exact) mass is 459 g/mol. The molecule has 2 rings (SSSR count). The van der Waals surface area contributed by atoms with Gasteiger partial charge in [0.2, 0.25) is 0 Å². The van der Waals surface area contributed by atoms with Gasteiger partial charge in [-0.15, -0.1) is 24.0 Å². The zero-order valence-corrected chi connectivity index (χ0v) is 17.0. The number of halogens is 2. The predicted molar refractivity (Wildman–Crippen MR) is 112 cm³/mol. The first-order valence-corrected chi connectivity index (χ1v) is 7.91. The summed E-state index contributed by atoms with van der Waals surface area (Å²) < 4.78 is 5.15. The summed E-state index contributed by atoms with van der Waals surface area (Å²) in [6, 6.07) is 15.8. The summed E-state index contributed by atoms with van der Waals surface area (Å²) in [6.07, 6.45) is 0.850. The second-order valence-corrected chi connectivity index (χ2v) is 5.45. The lowest BCUT2D eigenvalue weighted by molar-refractivity contribution is 0.414. The van der Waals surface area contributed by atoms with Gasteiger partial charge in [-0.25, -0.2) is 0 Å². The fraction of sp³-hybridized carbons (Fsp3) is 0.278. The largest absolute Gasteiger partial charge is 0.497 e.